The van der Waals surface area contributed by atoms with Crippen LogP contribution in [0.3, 0.4) is 0 Å². The molecule has 0 radical (unpaired) electrons. The quantitative estimate of drug-likeness (QED) is 0.172. The molecule has 0 amide bonds. The number of halogens is 1. The minimum Gasteiger partial charge on any atom is -0.493 e. The Balaban J connectivity index is 1.35. The Bertz CT molecular complexity index is 2250. The van der Waals surface area contributed by atoms with Gasteiger partial charge in [0.2, 0.25) is 0 Å². The van der Waals surface area contributed by atoms with Crippen LogP contribution in [0.4, 0.5) is 0 Å². The lowest BCUT2D eigenvalue weighted by atomic mass is 9.98. The van der Waals surface area contributed by atoms with E-state index in [0.29, 0.717) is 36.8 Å². The van der Waals surface area contributed by atoms with Crippen LogP contribution in [0.5, 0.6) is 5.75 Å². The molecule has 1 aliphatic rings. The van der Waals surface area contributed by atoms with Gasteiger partial charge in [0.1, 0.15) is 11.4 Å². The van der Waals surface area contributed by atoms with Crippen molar-refractivity contribution in [1.82, 2.24) is 29.0 Å². The number of nitrogens with zero attached hydrogens (tertiary/aromatic N) is 6. The van der Waals surface area contributed by atoms with Crippen molar-refractivity contribution in [3.8, 4) is 16.9 Å². The fourth-order valence-corrected chi connectivity index (χ4v) is 8.23. The maximum Gasteiger partial charge on any atom is 0.354 e. The van der Waals surface area contributed by atoms with Crippen LogP contribution in [0.15, 0.2) is 59.5 Å². The Morgan fingerprint density at radius 3 is 2.67 bits per heavy atom. The van der Waals surface area contributed by atoms with Crippen LogP contribution in [-0.2, 0) is 55.5 Å². The van der Waals surface area contributed by atoms with Gasteiger partial charge in [0, 0.05) is 64.6 Å². The van der Waals surface area contributed by atoms with Gasteiger partial charge in [-0.1, -0.05) is 41.9 Å². The van der Waals surface area contributed by atoms with Crippen molar-refractivity contribution >= 4 is 51.0 Å². The molecule has 0 N–H and O–H groups in total. The number of methoxy groups -OCH3 is 1. The van der Waals surface area contributed by atoms with E-state index in [-0.39, 0.29) is 6.61 Å². The summed E-state index contributed by atoms with van der Waals surface area (Å²) < 4.78 is 24.1. The Hall–Kier alpha value is -4.29. The number of ether oxygens (including phenoxy) is 3. The lowest BCUT2D eigenvalue weighted by molar-refractivity contribution is 0.0589. The number of thioether (sulfide) groups is 1. The van der Waals surface area contributed by atoms with Gasteiger partial charge >= 0.3 is 5.97 Å². The number of aryl methyl sites for hydroxylation is 3. The maximum atomic E-state index is 13.4. The van der Waals surface area contributed by atoms with E-state index >= 15 is 0 Å². The van der Waals surface area contributed by atoms with E-state index in [0.717, 1.165) is 90.6 Å². The molecule has 0 unspecified atom stereocenters. The van der Waals surface area contributed by atoms with E-state index in [4.69, 9.17) is 36.0 Å². The highest BCUT2D eigenvalue weighted by atomic mass is 35.5. The summed E-state index contributed by atoms with van der Waals surface area (Å²) in [5, 5.41) is 13.5. The molecule has 4 heterocycles. The highest BCUT2D eigenvalue weighted by Crippen LogP contribution is 2.42. The molecule has 3 aromatic heterocycles. The number of rotatable bonds is 4. The van der Waals surface area contributed by atoms with Crippen LogP contribution >= 0.6 is 23.4 Å². The average molecular weight is 727 g/mol. The Kier molecular flexibility index (Phi) is 10.2. The van der Waals surface area contributed by atoms with E-state index in [1.807, 2.05) is 48.5 Å². The van der Waals surface area contributed by atoms with Crippen molar-refractivity contribution < 1.29 is 19.0 Å². The highest BCUT2D eigenvalue weighted by Gasteiger charge is 2.28. The summed E-state index contributed by atoms with van der Waals surface area (Å²) in [5.74, 6) is 1.19. The average Bonchev–Trinajstić information content (AvgIpc) is 3.74. The summed E-state index contributed by atoms with van der Waals surface area (Å²) in [6.45, 7) is 4.73. The summed E-state index contributed by atoms with van der Waals surface area (Å²) in [6.07, 6.45) is 1.29. The molecule has 0 atom stereocenters. The topological polar surface area (TPSA) is 88.6 Å². The second kappa shape index (κ2) is 14.7. The third kappa shape index (κ3) is 6.87. The number of hydrogen-bond donors (Lipinski definition) is 0. The molecule has 12 heteroatoms. The van der Waals surface area contributed by atoms with Crippen molar-refractivity contribution in [2.45, 2.75) is 50.2 Å². The predicted molar refractivity (Wildman–Crippen MR) is 203 cm³/mol. The monoisotopic (exact) mass is 726 g/mol. The van der Waals surface area contributed by atoms with E-state index in [9.17, 15) is 4.79 Å². The fourth-order valence-electron chi connectivity index (χ4n) is 7.03. The largest absolute Gasteiger partial charge is 0.493 e. The fraction of sp³-hybridized carbons (Fsp3) is 0.359. The molecule has 0 aliphatic carbocycles. The maximum absolute atomic E-state index is 13.4. The molecule has 0 fully saturated rings. The van der Waals surface area contributed by atoms with Crippen LogP contribution in [0, 0.1) is 6.92 Å². The van der Waals surface area contributed by atoms with Crippen LogP contribution in [-0.4, -0.2) is 69.4 Å². The van der Waals surface area contributed by atoms with Gasteiger partial charge in [-0.25, -0.2) is 4.79 Å². The SMILES string of the molecule is COC(=O)c1c2c3ccc(Cl)c(c3n1C)-c1c(nn(C)c1C)COCc1cc(n(CCN(C)C)n1)CSc1cc(c3ccccc3c1)OCCC2. The van der Waals surface area contributed by atoms with Gasteiger partial charge in [-0.3, -0.25) is 9.36 Å². The molecule has 0 saturated heterocycles. The van der Waals surface area contributed by atoms with Gasteiger partial charge < -0.3 is 23.7 Å². The number of esters is 1. The molecule has 10 nitrogen and oxygen atoms in total. The number of likely N-dealkylation sites (N-methyl/N-ethyl adjacent to an activating group) is 1. The highest BCUT2D eigenvalue weighted by molar-refractivity contribution is 7.98. The molecule has 7 rings (SSSR count). The van der Waals surface area contributed by atoms with Crippen LogP contribution in [0.2, 0.25) is 5.02 Å². The number of carbonyl (C=O) groups is 1. The number of benzene rings is 3. The molecule has 0 saturated carbocycles. The van der Waals surface area contributed by atoms with Crippen molar-refractivity contribution in [1.29, 1.82) is 0 Å². The van der Waals surface area contributed by atoms with Crippen LogP contribution in [0.1, 0.15) is 45.2 Å². The first-order valence-electron chi connectivity index (χ1n) is 17.1. The van der Waals surface area contributed by atoms with Gasteiger partial charge in [0.25, 0.3) is 0 Å². The Morgan fingerprint density at radius 2 is 1.86 bits per heavy atom. The van der Waals surface area contributed by atoms with Crippen LogP contribution in [0.25, 0.3) is 32.8 Å². The van der Waals surface area contributed by atoms with Gasteiger partial charge in [-0.05, 0) is 69.1 Å². The molecule has 8 bridgehead atoms. The summed E-state index contributed by atoms with van der Waals surface area (Å²) in [7, 11) is 9.38. The van der Waals surface area contributed by atoms with E-state index in [2.05, 4.69) is 60.1 Å². The molecule has 1 aliphatic heterocycles. The van der Waals surface area contributed by atoms with Gasteiger partial charge in [0.05, 0.1) is 55.4 Å². The van der Waals surface area contributed by atoms with Crippen LogP contribution < -0.4 is 4.74 Å². The van der Waals surface area contributed by atoms with E-state index in [1.54, 1.807) is 11.8 Å². The zero-order chi connectivity index (χ0) is 35.8. The summed E-state index contributed by atoms with van der Waals surface area (Å²) in [5.41, 5.74) is 7.67. The molecule has 51 heavy (non-hydrogen) atoms. The standard InChI is InChI=1S/C39H43ClN6O4S/c1-24-35-33(42-45(24)5)22-49-21-26-19-27(46(41-26)16-15-43(2)3)23-51-28-18-25-10-7-8-11-29(25)34(20-28)50-17-9-12-30-31-13-14-32(40)36(35)37(31)44(4)38(30)39(47)48-6/h7-8,10-11,13-14,18-20H,9,12,15-17,21-23H2,1-6H3. The normalized spacial score (nSPS) is 14.1. The minimum absolute atomic E-state index is 0.261. The third-order valence-corrected chi connectivity index (χ3v) is 10.9. The summed E-state index contributed by atoms with van der Waals surface area (Å²) >= 11 is 8.83. The first kappa shape index (κ1) is 35.1. The Labute approximate surface area is 307 Å². The van der Waals surface area contributed by atoms with E-state index < -0.39 is 5.97 Å². The summed E-state index contributed by atoms with van der Waals surface area (Å²) in [4.78, 5) is 16.7. The molecular formula is C39H43ClN6O4S. The third-order valence-electron chi connectivity index (χ3n) is 9.62. The minimum atomic E-state index is -0.396. The predicted octanol–water partition coefficient (Wildman–Crippen LogP) is 7.57. The zero-order valence-electron chi connectivity index (χ0n) is 30.0. The molecule has 3 aromatic carbocycles. The number of hydrogen-bond acceptors (Lipinski definition) is 8. The molecule has 6 aromatic rings. The summed E-state index contributed by atoms with van der Waals surface area (Å²) in [6, 6.07) is 18.7. The second-order valence-electron chi connectivity index (χ2n) is 13.3. The number of aromatic nitrogens is 5. The lowest BCUT2D eigenvalue weighted by Crippen LogP contribution is -2.20. The van der Waals surface area contributed by atoms with Crippen molar-refractivity contribution in [2.75, 3.05) is 34.4 Å². The lowest BCUT2D eigenvalue weighted by Gasteiger charge is -2.14. The number of fused-ring (bicyclic) bond motifs is 8. The van der Waals surface area contributed by atoms with E-state index in [1.165, 1.54) is 7.11 Å². The smallest absolute Gasteiger partial charge is 0.354 e. The zero-order valence-corrected chi connectivity index (χ0v) is 31.5. The van der Waals surface area contributed by atoms with Gasteiger partial charge in [0.15, 0.2) is 0 Å². The number of carbonyl (C=O) groups excluding carboxylic acids is 1. The van der Waals surface area contributed by atoms with Crippen molar-refractivity contribution in [3.63, 3.8) is 0 Å². The molecule has 266 valence electrons. The first-order valence-corrected chi connectivity index (χ1v) is 18.5. The van der Waals surface area contributed by atoms with Gasteiger partial charge in [-0.2, -0.15) is 10.2 Å². The van der Waals surface area contributed by atoms with Crippen molar-refractivity contribution in [3.05, 3.63) is 93.7 Å². The molecule has 0 spiro atoms. The first-order chi connectivity index (χ1) is 24.6. The second-order valence-corrected chi connectivity index (χ2v) is 14.7. The Morgan fingerprint density at radius 1 is 1.04 bits per heavy atom. The van der Waals surface area contributed by atoms with Crippen molar-refractivity contribution in [2.24, 2.45) is 14.1 Å². The molecular weight excluding hydrogens is 684 g/mol. The van der Waals surface area contributed by atoms with Gasteiger partial charge in [-0.15, -0.1) is 11.8 Å².